The van der Waals surface area contributed by atoms with Gasteiger partial charge in [0.05, 0.1) is 0 Å². The minimum absolute atomic E-state index is 0. The van der Waals surface area contributed by atoms with Gasteiger partial charge in [0, 0.05) is 25.7 Å². The van der Waals surface area contributed by atoms with Gasteiger partial charge in [-0.05, 0) is 13.8 Å². The Balaban J connectivity index is 0.00000128. The summed E-state index contributed by atoms with van der Waals surface area (Å²) in [5.41, 5.74) is 0.434. The number of rotatable bonds is 1. The van der Waals surface area contributed by atoms with Crippen molar-refractivity contribution in [3.8, 4) is 0 Å². The molecule has 1 amide bonds. The number of carbonyl (C=O) groups is 1. The first-order valence-electron chi connectivity index (χ1n) is 5.12. The number of aryl methyl sites for hydroxylation is 1. The van der Waals surface area contributed by atoms with E-state index in [4.69, 9.17) is 4.42 Å². The summed E-state index contributed by atoms with van der Waals surface area (Å²) in [7, 11) is 0. The zero-order valence-corrected chi connectivity index (χ0v) is 10.2. The largest absolute Gasteiger partial charge is 0.448 e. The Bertz CT molecular complexity index is 367. The van der Waals surface area contributed by atoms with Gasteiger partial charge in [-0.15, -0.1) is 12.4 Å². The van der Waals surface area contributed by atoms with E-state index in [9.17, 15) is 4.79 Å². The van der Waals surface area contributed by atoms with Crippen LogP contribution in [0.25, 0.3) is 0 Å². The van der Waals surface area contributed by atoms with Gasteiger partial charge in [-0.3, -0.25) is 4.79 Å². The molecule has 0 unspecified atom stereocenters. The van der Waals surface area contributed by atoms with E-state index in [0.717, 1.165) is 19.6 Å². The number of nitrogens with one attached hydrogen (secondary N) is 1. The van der Waals surface area contributed by atoms with E-state index < -0.39 is 0 Å². The van der Waals surface area contributed by atoms with Crippen LogP contribution in [0.1, 0.15) is 23.2 Å². The van der Waals surface area contributed by atoms with Crippen LogP contribution in [-0.2, 0) is 0 Å². The van der Waals surface area contributed by atoms with E-state index in [2.05, 4.69) is 10.3 Å². The third-order valence-electron chi connectivity index (χ3n) is 2.71. The van der Waals surface area contributed by atoms with Crippen LogP contribution in [0.2, 0.25) is 0 Å². The highest BCUT2D eigenvalue weighted by molar-refractivity contribution is 5.93. The predicted octanol–water partition coefficient (Wildman–Crippen LogP) is 0.839. The lowest BCUT2D eigenvalue weighted by atomic mass is 10.2. The Hall–Kier alpha value is -1.07. The van der Waals surface area contributed by atoms with Crippen LogP contribution in [0.5, 0.6) is 0 Å². The molecule has 16 heavy (non-hydrogen) atoms. The first-order valence-corrected chi connectivity index (χ1v) is 5.12. The summed E-state index contributed by atoms with van der Waals surface area (Å²) in [6.07, 6.45) is 1.31. The molecule has 1 atom stereocenters. The number of nitrogens with zero attached hydrogens (tertiary/aromatic N) is 2. The molecule has 6 heteroatoms. The first-order chi connectivity index (χ1) is 7.20. The maximum atomic E-state index is 12.1. The minimum Gasteiger partial charge on any atom is -0.448 e. The van der Waals surface area contributed by atoms with Crippen molar-refractivity contribution < 1.29 is 9.21 Å². The fourth-order valence-electron chi connectivity index (χ4n) is 1.79. The molecule has 1 saturated heterocycles. The maximum absolute atomic E-state index is 12.1. The quantitative estimate of drug-likeness (QED) is 0.797. The number of piperazine rings is 1. The average Bonchev–Trinajstić information content (AvgIpc) is 2.64. The van der Waals surface area contributed by atoms with Crippen LogP contribution in [-0.4, -0.2) is 41.5 Å². The second-order valence-electron chi connectivity index (χ2n) is 3.81. The summed E-state index contributed by atoms with van der Waals surface area (Å²) in [5.74, 6) is 0.556. The molecule has 2 rings (SSSR count). The van der Waals surface area contributed by atoms with E-state index in [-0.39, 0.29) is 24.4 Å². The highest BCUT2D eigenvalue weighted by atomic mass is 35.5. The Morgan fingerprint density at radius 3 is 3.00 bits per heavy atom. The monoisotopic (exact) mass is 245 g/mol. The summed E-state index contributed by atoms with van der Waals surface area (Å²) in [6.45, 7) is 6.19. The van der Waals surface area contributed by atoms with E-state index in [0.29, 0.717) is 11.5 Å². The second kappa shape index (κ2) is 5.32. The molecule has 1 aliphatic heterocycles. The topological polar surface area (TPSA) is 58.4 Å². The van der Waals surface area contributed by atoms with Crippen molar-refractivity contribution in [3.05, 3.63) is 17.8 Å². The maximum Gasteiger partial charge on any atom is 0.276 e. The van der Waals surface area contributed by atoms with Crippen molar-refractivity contribution in [2.45, 2.75) is 19.9 Å². The third-order valence-corrected chi connectivity index (χ3v) is 2.71. The minimum atomic E-state index is -0.0322. The molecular formula is C10H16ClN3O2. The van der Waals surface area contributed by atoms with Gasteiger partial charge in [0.1, 0.15) is 5.76 Å². The zero-order chi connectivity index (χ0) is 10.8. The van der Waals surface area contributed by atoms with Crippen molar-refractivity contribution in [2.75, 3.05) is 19.6 Å². The van der Waals surface area contributed by atoms with E-state index in [1.807, 2.05) is 11.8 Å². The van der Waals surface area contributed by atoms with Crippen molar-refractivity contribution in [1.82, 2.24) is 15.2 Å². The molecule has 5 nitrogen and oxygen atoms in total. The van der Waals surface area contributed by atoms with Gasteiger partial charge in [-0.25, -0.2) is 4.98 Å². The number of hydrogen-bond acceptors (Lipinski definition) is 4. The third kappa shape index (κ3) is 2.36. The predicted molar refractivity (Wildman–Crippen MR) is 61.9 cm³/mol. The van der Waals surface area contributed by atoms with E-state index in [1.165, 1.54) is 6.39 Å². The molecule has 1 fully saturated rings. The number of hydrogen-bond donors (Lipinski definition) is 1. The van der Waals surface area contributed by atoms with E-state index in [1.54, 1.807) is 6.92 Å². The Kier molecular flexibility index (Phi) is 4.32. The molecule has 0 spiro atoms. The molecule has 0 bridgehead atoms. The zero-order valence-electron chi connectivity index (χ0n) is 9.40. The number of halogens is 1. The van der Waals surface area contributed by atoms with Crippen LogP contribution in [0, 0.1) is 6.92 Å². The Morgan fingerprint density at radius 1 is 1.69 bits per heavy atom. The Morgan fingerprint density at radius 2 is 2.44 bits per heavy atom. The van der Waals surface area contributed by atoms with Gasteiger partial charge < -0.3 is 14.6 Å². The van der Waals surface area contributed by atoms with Gasteiger partial charge in [0.15, 0.2) is 12.1 Å². The molecular weight excluding hydrogens is 230 g/mol. The number of oxazole rings is 1. The average molecular weight is 246 g/mol. The van der Waals surface area contributed by atoms with Crippen molar-refractivity contribution in [1.29, 1.82) is 0 Å². The smallest absolute Gasteiger partial charge is 0.276 e. The molecule has 0 radical (unpaired) electrons. The summed E-state index contributed by atoms with van der Waals surface area (Å²) >= 11 is 0. The van der Waals surface area contributed by atoms with Crippen LogP contribution in [0.4, 0.5) is 0 Å². The molecule has 90 valence electrons. The number of carbonyl (C=O) groups excluding carboxylic acids is 1. The number of amides is 1. The summed E-state index contributed by atoms with van der Waals surface area (Å²) in [4.78, 5) is 17.8. The van der Waals surface area contributed by atoms with Crippen LogP contribution in [0.15, 0.2) is 10.8 Å². The second-order valence-corrected chi connectivity index (χ2v) is 3.81. The van der Waals surface area contributed by atoms with Crippen LogP contribution < -0.4 is 5.32 Å². The molecule has 1 N–H and O–H groups in total. The van der Waals surface area contributed by atoms with Gasteiger partial charge in [0.2, 0.25) is 0 Å². The van der Waals surface area contributed by atoms with Gasteiger partial charge in [-0.2, -0.15) is 0 Å². The van der Waals surface area contributed by atoms with Crippen LogP contribution >= 0.6 is 12.4 Å². The lowest BCUT2D eigenvalue weighted by molar-refractivity contribution is 0.0648. The molecule has 1 aromatic heterocycles. The molecule has 0 aromatic carbocycles. The summed E-state index contributed by atoms with van der Waals surface area (Å²) < 4.78 is 5.04. The molecule has 2 heterocycles. The van der Waals surface area contributed by atoms with Gasteiger partial charge in [0.25, 0.3) is 5.91 Å². The lowest BCUT2D eigenvalue weighted by Crippen LogP contribution is -2.52. The SMILES string of the molecule is Cc1ocnc1C(=O)N1CCNC[C@@H]1C.Cl. The van der Waals surface area contributed by atoms with Crippen LogP contribution in [0.3, 0.4) is 0 Å². The fourth-order valence-corrected chi connectivity index (χ4v) is 1.79. The van der Waals surface area contributed by atoms with Crippen molar-refractivity contribution in [2.24, 2.45) is 0 Å². The van der Waals surface area contributed by atoms with Gasteiger partial charge in [-0.1, -0.05) is 0 Å². The lowest BCUT2D eigenvalue weighted by Gasteiger charge is -2.33. The Labute approximate surface area is 101 Å². The van der Waals surface area contributed by atoms with Crippen molar-refractivity contribution in [3.63, 3.8) is 0 Å². The summed E-state index contributed by atoms with van der Waals surface area (Å²) in [5, 5.41) is 3.24. The molecule has 0 aliphatic carbocycles. The normalized spacial score (nSPS) is 20.4. The standard InChI is InChI=1S/C10H15N3O2.ClH/c1-7-5-11-3-4-13(7)10(14)9-8(2)15-6-12-9;/h6-7,11H,3-5H2,1-2H3;1H/t7-;/m0./s1. The number of aromatic nitrogens is 1. The highest BCUT2D eigenvalue weighted by Gasteiger charge is 2.26. The molecule has 1 aromatic rings. The van der Waals surface area contributed by atoms with Gasteiger partial charge >= 0.3 is 0 Å². The highest BCUT2D eigenvalue weighted by Crippen LogP contribution is 2.12. The molecule has 0 saturated carbocycles. The van der Waals surface area contributed by atoms with Crippen molar-refractivity contribution >= 4 is 18.3 Å². The summed E-state index contributed by atoms with van der Waals surface area (Å²) in [6, 6.07) is 0.211. The first kappa shape index (κ1) is 13.0. The molecule has 1 aliphatic rings. The fraction of sp³-hybridized carbons (Fsp3) is 0.600. The van der Waals surface area contributed by atoms with E-state index >= 15 is 0 Å².